The van der Waals surface area contributed by atoms with E-state index in [-0.39, 0.29) is 11.5 Å². The molecule has 1 heterocycles. The highest BCUT2D eigenvalue weighted by Gasteiger charge is 2.03. The summed E-state index contributed by atoms with van der Waals surface area (Å²) < 4.78 is 13.2. The lowest BCUT2D eigenvalue weighted by atomic mass is 10.1. The van der Waals surface area contributed by atoms with Crippen molar-refractivity contribution in [1.29, 1.82) is 0 Å². The fourth-order valence-electron chi connectivity index (χ4n) is 1.53. The zero-order valence-electron chi connectivity index (χ0n) is 9.32. The maximum atomic E-state index is 13.2. The van der Waals surface area contributed by atoms with Crippen LogP contribution in [0.4, 0.5) is 10.1 Å². The maximum Gasteiger partial charge on any atom is 0.146 e. The Kier molecular flexibility index (Phi) is 4.06. The summed E-state index contributed by atoms with van der Waals surface area (Å²) >= 11 is 1.64. The molecule has 17 heavy (non-hydrogen) atoms. The summed E-state index contributed by atoms with van der Waals surface area (Å²) in [7, 11) is 0. The Labute approximate surface area is 103 Å². The first kappa shape index (κ1) is 12.0. The summed E-state index contributed by atoms with van der Waals surface area (Å²) in [4.78, 5) is 4.19. The van der Waals surface area contributed by atoms with E-state index < -0.39 is 0 Å². The van der Waals surface area contributed by atoms with E-state index in [0.717, 1.165) is 23.5 Å². The summed E-state index contributed by atoms with van der Waals surface area (Å²) in [6, 6.07) is 4.87. The first-order valence-corrected chi connectivity index (χ1v) is 6.27. The van der Waals surface area contributed by atoms with Crippen LogP contribution < -0.4 is 11.1 Å². The molecule has 1 aromatic carbocycles. The summed E-state index contributed by atoms with van der Waals surface area (Å²) in [6.07, 6.45) is 2.68. The number of aromatic nitrogens is 1. The van der Waals surface area contributed by atoms with Gasteiger partial charge in [-0.15, -0.1) is 11.3 Å². The average molecular weight is 251 g/mol. The Morgan fingerprint density at radius 1 is 1.41 bits per heavy atom. The molecule has 0 spiro atoms. The predicted molar refractivity (Wildman–Crippen MR) is 68.3 cm³/mol. The molecule has 0 aliphatic heterocycles. The molecular formula is C12H14FN3S. The number of halogens is 1. The lowest BCUT2D eigenvalue weighted by Crippen LogP contribution is -2.17. The molecule has 0 atom stereocenters. The number of nitrogens with zero attached hydrogens (tertiary/aromatic N) is 1. The molecule has 3 nitrogen and oxygen atoms in total. The number of thiazole rings is 1. The van der Waals surface area contributed by atoms with Gasteiger partial charge in [0.05, 0.1) is 10.7 Å². The number of hydrogen-bond acceptors (Lipinski definition) is 4. The molecule has 2 rings (SSSR count). The van der Waals surface area contributed by atoms with E-state index in [2.05, 4.69) is 10.3 Å². The first-order chi connectivity index (χ1) is 8.27. The zero-order valence-corrected chi connectivity index (χ0v) is 10.1. The number of rotatable bonds is 5. The minimum Gasteiger partial charge on any atom is -0.396 e. The lowest BCUT2D eigenvalue weighted by molar-refractivity contribution is 0.625. The first-order valence-electron chi connectivity index (χ1n) is 5.39. The Morgan fingerprint density at radius 2 is 2.29 bits per heavy atom. The molecule has 0 fully saturated rings. The van der Waals surface area contributed by atoms with Gasteiger partial charge in [0, 0.05) is 31.1 Å². The van der Waals surface area contributed by atoms with Crippen molar-refractivity contribution in [3.8, 4) is 0 Å². The summed E-state index contributed by atoms with van der Waals surface area (Å²) in [6.45, 7) is 1.39. The van der Waals surface area contributed by atoms with Gasteiger partial charge in [-0.2, -0.15) is 0 Å². The van der Waals surface area contributed by atoms with E-state index >= 15 is 0 Å². The highest BCUT2D eigenvalue weighted by molar-refractivity contribution is 7.09. The van der Waals surface area contributed by atoms with Crippen molar-refractivity contribution in [1.82, 2.24) is 10.3 Å². The number of para-hydroxylation sites is 1. The monoisotopic (exact) mass is 251 g/mol. The van der Waals surface area contributed by atoms with Crippen molar-refractivity contribution < 1.29 is 4.39 Å². The molecule has 0 unspecified atom stereocenters. The van der Waals surface area contributed by atoms with Gasteiger partial charge < -0.3 is 11.1 Å². The molecule has 5 heteroatoms. The zero-order chi connectivity index (χ0) is 12.1. The van der Waals surface area contributed by atoms with E-state index in [0.29, 0.717) is 6.54 Å². The fourth-order valence-corrected chi connectivity index (χ4v) is 2.15. The normalized spacial score (nSPS) is 10.6. The van der Waals surface area contributed by atoms with Crippen molar-refractivity contribution in [3.05, 3.63) is 46.2 Å². The third-order valence-electron chi connectivity index (χ3n) is 2.46. The minimum absolute atomic E-state index is 0.231. The fraction of sp³-hybridized carbons (Fsp3) is 0.250. The van der Waals surface area contributed by atoms with Gasteiger partial charge in [-0.3, -0.25) is 0 Å². The van der Waals surface area contributed by atoms with Crippen LogP contribution in [-0.2, 0) is 13.0 Å². The predicted octanol–water partition coefficient (Wildman–Crippen LogP) is 2.20. The van der Waals surface area contributed by atoms with Crippen LogP contribution in [0, 0.1) is 5.82 Å². The van der Waals surface area contributed by atoms with Crippen molar-refractivity contribution >= 4 is 17.0 Å². The Balaban J connectivity index is 1.80. The molecule has 0 amide bonds. The van der Waals surface area contributed by atoms with Crippen molar-refractivity contribution in [2.75, 3.05) is 12.3 Å². The Morgan fingerprint density at radius 3 is 3.06 bits per heavy atom. The van der Waals surface area contributed by atoms with E-state index in [1.165, 1.54) is 6.07 Å². The largest absolute Gasteiger partial charge is 0.396 e. The van der Waals surface area contributed by atoms with Gasteiger partial charge >= 0.3 is 0 Å². The second kappa shape index (κ2) is 5.75. The van der Waals surface area contributed by atoms with Gasteiger partial charge in [0.25, 0.3) is 0 Å². The van der Waals surface area contributed by atoms with Crippen LogP contribution in [0.15, 0.2) is 29.8 Å². The van der Waals surface area contributed by atoms with Crippen LogP contribution >= 0.6 is 11.3 Å². The van der Waals surface area contributed by atoms with Crippen LogP contribution in [0.5, 0.6) is 0 Å². The molecule has 0 aliphatic carbocycles. The van der Waals surface area contributed by atoms with E-state index in [1.807, 2.05) is 11.4 Å². The van der Waals surface area contributed by atoms with Crippen LogP contribution in [0.1, 0.15) is 10.6 Å². The number of nitrogens with two attached hydrogens (primary N) is 1. The Hall–Kier alpha value is -1.46. The third-order valence-corrected chi connectivity index (χ3v) is 3.30. The second-order valence-corrected chi connectivity index (χ2v) is 4.64. The van der Waals surface area contributed by atoms with Crippen LogP contribution in [0.3, 0.4) is 0 Å². The van der Waals surface area contributed by atoms with Gasteiger partial charge in [0.1, 0.15) is 5.82 Å². The molecule has 0 bridgehead atoms. The smallest absolute Gasteiger partial charge is 0.146 e. The van der Waals surface area contributed by atoms with Gasteiger partial charge in [-0.05, 0) is 11.6 Å². The minimum atomic E-state index is -0.357. The molecular weight excluding hydrogens is 237 g/mol. The maximum absolute atomic E-state index is 13.2. The number of nitrogens with one attached hydrogen (secondary N) is 1. The number of benzene rings is 1. The molecule has 0 saturated carbocycles. The molecule has 0 aliphatic rings. The van der Waals surface area contributed by atoms with Gasteiger partial charge in [0.2, 0.25) is 0 Å². The van der Waals surface area contributed by atoms with Crippen LogP contribution in [0.2, 0.25) is 0 Å². The summed E-state index contributed by atoms with van der Waals surface area (Å²) in [5.41, 5.74) is 6.66. The number of anilines is 1. The number of hydrogen-bond donors (Lipinski definition) is 2. The topological polar surface area (TPSA) is 50.9 Å². The van der Waals surface area contributed by atoms with Gasteiger partial charge in [-0.1, -0.05) is 12.1 Å². The third kappa shape index (κ3) is 3.25. The molecule has 3 N–H and O–H groups in total. The molecule has 0 saturated heterocycles. The quantitative estimate of drug-likeness (QED) is 0.632. The standard InChI is InChI=1S/C12H14FN3S/c13-10-3-1-2-9(12(10)14)8-15-5-4-11-16-6-7-17-11/h1-3,6-7,15H,4-5,8,14H2. The summed E-state index contributed by atoms with van der Waals surface area (Å²) in [5, 5.41) is 6.29. The van der Waals surface area contributed by atoms with E-state index in [1.54, 1.807) is 23.6 Å². The molecule has 0 radical (unpaired) electrons. The van der Waals surface area contributed by atoms with Crippen LogP contribution in [0.25, 0.3) is 0 Å². The van der Waals surface area contributed by atoms with Gasteiger partial charge in [-0.25, -0.2) is 9.37 Å². The van der Waals surface area contributed by atoms with E-state index in [9.17, 15) is 4.39 Å². The highest BCUT2D eigenvalue weighted by atomic mass is 32.1. The number of nitrogen functional groups attached to an aromatic ring is 1. The van der Waals surface area contributed by atoms with Crippen molar-refractivity contribution in [3.63, 3.8) is 0 Å². The molecule has 90 valence electrons. The molecule has 1 aromatic heterocycles. The lowest BCUT2D eigenvalue weighted by Gasteiger charge is -2.07. The molecule has 2 aromatic rings. The van der Waals surface area contributed by atoms with Crippen molar-refractivity contribution in [2.45, 2.75) is 13.0 Å². The highest BCUT2D eigenvalue weighted by Crippen LogP contribution is 2.15. The average Bonchev–Trinajstić information content (AvgIpc) is 2.83. The second-order valence-electron chi connectivity index (χ2n) is 3.67. The SMILES string of the molecule is Nc1c(F)cccc1CNCCc1nccs1. The van der Waals surface area contributed by atoms with Gasteiger partial charge in [0.15, 0.2) is 0 Å². The van der Waals surface area contributed by atoms with E-state index in [4.69, 9.17) is 5.73 Å². The van der Waals surface area contributed by atoms with Crippen LogP contribution in [-0.4, -0.2) is 11.5 Å². The summed E-state index contributed by atoms with van der Waals surface area (Å²) in [5.74, 6) is -0.357. The van der Waals surface area contributed by atoms with Crippen molar-refractivity contribution in [2.24, 2.45) is 0 Å². The Bertz CT molecular complexity index is 471.